The van der Waals surface area contributed by atoms with Crippen molar-refractivity contribution in [1.29, 1.82) is 0 Å². The van der Waals surface area contributed by atoms with Gasteiger partial charge >= 0.3 is 5.97 Å². The van der Waals surface area contributed by atoms with E-state index >= 15 is 0 Å². The zero-order valence-corrected chi connectivity index (χ0v) is 16.1. The molecule has 1 fully saturated rings. The van der Waals surface area contributed by atoms with Crippen molar-refractivity contribution in [2.45, 2.75) is 37.7 Å². The van der Waals surface area contributed by atoms with Crippen molar-refractivity contribution < 1.29 is 24.0 Å². The number of amides is 1. The number of carbonyl (C=O) groups is 2. The molecule has 4 rings (SSSR count). The molecule has 0 unspecified atom stereocenters. The fourth-order valence-corrected chi connectivity index (χ4v) is 5.22. The summed E-state index contributed by atoms with van der Waals surface area (Å²) in [5, 5.41) is 13.2. The van der Waals surface area contributed by atoms with E-state index in [-0.39, 0.29) is 5.91 Å². The third-order valence-corrected chi connectivity index (χ3v) is 6.75. The lowest BCUT2D eigenvalue weighted by Crippen LogP contribution is -2.47. The molecular weight excluding hydrogens is 392 g/mol. The topological polar surface area (TPSA) is 92.9 Å². The zero-order chi connectivity index (χ0) is 19.0. The maximum Gasteiger partial charge on any atom is 0.345 e. The number of aromatic carboxylic acids is 1. The van der Waals surface area contributed by atoms with E-state index in [0.717, 1.165) is 16.9 Å². The van der Waals surface area contributed by atoms with Crippen molar-refractivity contribution in [3.05, 3.63) is 38.4 Å². The highest BCUT2D eigenvalue weighted by atomic mass is 35.5. The van der Waals surface area contributed by atoms with Gasteiger partial charge in [0.2, 0.25) is 5.91 Å². The molecular formula is C18H19ClN2O5S. The van der Waals surface area contributed by atoms with Gasteiger partial charge in [0.1, 0.15) is 16.2 Å². The van der Waals surface area contributed by atoms with E-state index in [4.69, 9.17) is 20.9 Å². The summed E-state index contributed by atoms with van der Waals surface area (Å²) in [6.07, 6.45) is 2.91. The van der Waals surface area contributed by atoms with Crippen molar-refractivity contribution in [2.75, 3.05) is 19.7 Å². The Morgan fingerprint density at radius 2 is 2.11 bits per heavy atom. The van der Waals surface area contributed by atoms with Crippen LogP contribution in [-0.2, 0) is 28.0 Å². The van der Waals surface area contributed by atoms with Crippen LogP contribution in [-0.4, -0.2) is 46.7 Å². The fourth-order valence-electron chi connectivity index (χ4n) is 3.81. The maximum atomic E-state index is 12.5. The summed E-state index contributed by atoms with van der Waals surface area (Å²) in [6.45, 7) is 1.77. The number of carboxylic acid groups (broad SMARTS) is 1. The zero-order valence-electron chi connectivity index (χ0n) is 14.6. The quantitative estimate of drug-likeness (QED) is 0.832. The summed E-state index contributed by atoms with van der Waals surface area (Å²) in [4.78, 5) is 27.0. The predicted molar refractivity (Wildman–Crippen MR) is 98.3 cm³/mol. The van der Waals surface area contributed by atoms with Crippen LogP contribution in [0.1, 0.15) is 45.1 Å². The first kappa shape index (κ1) is 18.5. The van der Waals surface area contributed by atoms with E-state index in [1.54, 1.807) is 12.1 Å². The Bertz CT molecular complexity index is 869. The van der Waals surface area contributed by atoms with Gasteiger partial charge in [-0.15, -0.1) is 11.3 Å². The number of nitrogens with zero attached hydrogens (tertiary/aromatic N) is 2. The van der Waals surface area contributed by atoms with Crippen LogP contribution in [0.2, 0.25) is 5.15 Å². The van der Waals surface area contributed by atoms with Gasteiger partial charge in [-0.2, -0.15) is 0 Å². The number of hydrogen-bond acceptors (Lipinski definition) is 6. The first-order valence-electron chi connectivity index (χ1n) is 8.86. The number of rotatable bonds is 4. The number of fused-ring (bicyclic) bond motifs is 2. The van der Waals surface area contributed by atoms with Gasteiger partial charge in [-0.25, -0.2) is 4.79 Å². The molecule has 1 amide bonds. The summed E-state index contributed by atoms with van der Waals surface area (Å²) >= 11 is 7.03. The van der Waals surface area contributed by atoms with E-state index in [1.807, 2.05) is 4.90 Å². The Hall–Kier alpha value is -1.90. The second-order valence-corrected chi connectivity index (χ2v) is 8.30. The molecule has 2 aromatic heterocycles. The third-order valence-electron chi connectivity index (χ3n) is 5.22. The highest BCUT2D eigenvalue weighted by Gasteiger charge is 2.43. The number of likely N-dealkylation sites (tertiary alicyclic amines) is 1. The molecule has 9 heteroatoms. The number of hydrogen-bond donors (Lipinski definition) is 1. The van der Waals surface area contributed by atoms with Crippen molar-refractivity contribution in [2.24, 2.45) is 0 Å². The van der Waals surface area contributed by atoms with Crippen molar-refractivity contribution >= 4 is 34.8 Å². The van der Waals surface area contributed by atoms with Crippen LogP contribution in [0.4, 0.5) is 0 Å². The summed E-state index contributed by atoms with van der Waals surface area (Å²) in [6, 6.07) is 3.39. The predicted octanol–water partition coefficient (Wildman–Crippen LogP) is 3.11. The van der Waals surface area contributed by atoms with E-state index in [1.165, 1.54) is 11.3 Å². The number of aromatic nitrogens is 1. The number of carboxylic acids is 1. The van der Waals surface area contributed by atoms with Crippen LogP contribution in [0, 0.1) is 0 Å². The average molecular weight is 411 g/mol. The average Bonchev–Trinajstić information content (AvgIpc) is 3.28. The van der Waals surface area contributed by atoms with Crippen LogP contribution >= 0.6 is 22.9 Å². The first-order chi connectivity index (χ1) is 13.0. The Morgan fingerprint density at radius 1 is 1.33 bits per heavy atom. The van der Waals surface area contributed by atoms with Gasteiger partial charge in [0.05, 0.1) is 6.61 Å². The smallest absolute Gasteiger partial charge is 0.345 e. The van der Waals surface area contributed by atoms with Gasteiger partial charge in [0, 0.05) is 36.9 Å². The Labute approximate surface area is 164 Å². The molecule has 0 atom stereocenters. The molecule has 2 aliphatic rings. The lowest BCUT2D eigenvalue weighted by Gasteiger charge is -2.43. The number of ether oxygens (including phenoxy) is 1. The maximum absolute atomic E-state index is 12.5. The fraction of sp³-hybridized carbons (Fsp3) is 0.500. The summed E-state index contributed by atoms with van der Waals surface area (Å²) in [5.74, 6) is -0.239. The Kier molecular flexibility index (Phi) is 4.96. The van der Waals surface area contributed by atoms with Gasteiger partial charge in [0.25, 0.3) is 0 Å². The Balaban J connectivity index is 1.40. The van der Waals surface area contributed by atoms with Gasteiger partial charge in [-0.05, 0) is 30.9 Å². The molecule has 0 aliphatic carbocycles. The minimum absolute atomic E-state index is 0.0609. The van der Waals surface area contributed by atoms with Gasteiger partial charge in [0.15, 0.2) is 5.15 Å². The van der Waals surface area contributed by atoms with Crippen molar-refractivity contribution in [3.8, 4) is 0 Å². The highest BCUT2D eigenvalue weighted by Crippen LogP contribution is 2.45. The monoisotopic (exact) mass is 410 g/mol. The van der Waals surface area contributed by atoms with Crippen molar-refractivity contribution in [3.63, 3.8) is 0 Å². The minimum Gasteiger partial charge on any atom is -0.477 e. The third kappa shape index (κ3) is 3.61. The molecule has 0 radical (unpaired) electrons. The number of piperidine rings is 1. The summed E-state index contributed by atoms with van der Waals surface area (Å²) < 4.78 is 11.2. The lowest BCUT2D eigenvalue weighted by molar-refractivity contribution is -0.140. The molecule has 0 aromatic carbocycles. The molecule has 0 saturated carbocycles. The van der Waals surface area contributed by atoms with Crippen LogP contribution in [0.25, 0.3) is 0 Å². The largest absolute Gasteiger partial charge is 0.477 e. The lowest BCUT2D eigenvalue weighted by atomic mass is 9.85. The van der Waals surface area contributed by atoms with Gasteiger partial charge in [-0.3, -0.25) is 4.79 Å². The molecule has 27 heavy (non-hydrogen) atoms. The number of halogens is 1. The van der Waals surface area contributed by atoms with Gasteiger partial charge < -0.3 is 19.3 Å². The molecule has 144 valence electrons. The molecule has 1 saturated heterocycles. The molecule has 7 nitrogen and oxygen atoms in total. The van der Waals surface area contributed by atoms with Crippen molar-refractivity contribution in [1.82, 2.24) is 10.1 Å². The van der Waals surface area contributed by atoms with Gasteiger partial charge in [-0.1, -0.05) is 16.8 Å². The minimum atomic E-state index is -0.898. The van der Waals surface area contributed by atoms with E-state index < -0.39 is 11.6 Å². The van der Waals surface area contributed by atoms with E-state index in [2.05, 4.69) is 5.16 Å². The molecule has 2 aliphatic heterocycles. The van der Waals surface area contributed by atoms with E-state index in [9.17, 15) is 14.7 Å². The van der Waals surface area contributed by atoms with Crippen LogP contribution < -0.4 is 0 Å². The molecule has 2 aromatic rings. The second kappa shape index (κ2) is 7.26. The van der Waals surface area contributed by atoms with Crippen LogP contribution in [0.15, 0.2) is 16.7 Å². The molecule has 1 spiro atoms. The summed E-state index contributed by atoms with van der Waals surface area (Å²) in [5.41, 5.74) is 0.617. The number of aryl methyl sites for hydroxylation is 1. The second-order valence-electron chi connectivity index (χ2n) is 6.86. The standard InChI is InChI=1S/C18H19ClN2O5S/c19-14-10-12(26-20-14)1-2-15(22)21-6-4-18(5-7-21)16-11(3-8-25-18)9-13(27-16)17(23)24/h9-10H,1-8H2,(H,23,24). The molecule has 1 N–H and O–H groups in total. The van der Waals surface area contributed by atoms with E-state index in [0.29, 0.717) is 61.2 Å². The molecule has 0 bridgehead atoms. The summed E-state index contributed by atoms with van der Waals surface area (Å²) in [7, 11) is 0. The van der Waals surface area contributed by atoms with Crippen LogP contribution in [0.5, 0.6) is 0 Å². The number of carbonyl (C=O) groups excluding carboxylic acids is 1. The van der Waals surface area contributed by atoms with Crippen LogP contribution in [0.3, 0.4) is 0 Å². The normalized spacial score (nSPS) is 18.5. The highest BCUT2D eigenvalue weighted by molar-refractivity contribution is 7.14. The molecule has 4 heterocycles. The Morgan fingerprint density at radius 3 is 2.78 bits per heavy atom. The number of thiophene rings is 1. The first-order valence-corrected chi connectivity index (χ1v) is 10.1. The SMILES string of the molecule is O=C(O)c1cc2c(s1)C1(CCN(C(=O)CCc3cc(Cl)no3)CC1)OCC2.